The Balaban J connectivity index is 2.24. The molecule has 2 atom stereocenters. The van der Waals surface area contributed by atoms with Gasteiger partial charge in [-0.1, -0.05) is 23.2 Å². The molecule has 0 aromatic heterocycles. The lowest BCUT2D eigenvalue weighted by molar-refractivity contribution is -0.136. The molecule has 170 valence electrons. The van der Waals surface area contributed by atoms with E-state index in [1.54, 1.807) is 24.8 Å². The average molecular weight is 479 g/mol. The van der Waals surface area contributed by atoms with Crippen molar-refractivity contribution in [3.05, 3.63) is 27.7 Å². The zero-order chi connectivity index (χ0) is 22.9. The molecule has 0 saturated carbocycles. The standard InChI is InChI=1S/C21H32Cl2N2O4S/c1-20(2,3)30(29)24-19(14-10-15(22)16(23)11-17(14)26)13-6-8-25(9-7-13)18(27)12-21(4,5)28/h10-11,13,19,24,26,28H,6-9,12H2,1-5H3. The van der Waals surface area contributed by atoms with E-state index in [1.165, 1.54) is 6.07 Å². The van der Waals surface area contributed by atoms with Crippen molar-refractivity contribution < 1.29 is 19.2 Å². The fourth-order valence-corrected chi connectivity index (χ4v) is 4.70. The molecule has 1 aromatic carbocycles. The van der Waals surface area contributed by atoms with Gasteiger partial charge >= 0.3 is 0 Å². The maximum atomic E-state index is 12.9. The zero-order valence-corrected chi connectivity index (χ0v) is 20.5. The number of benzene rings is 1. The number of phenols is 1. The normalized spacial score (nSPS) is 18.3. The molecular weight excluding hydrogens is 447 g/mol. The largest absolute Gasteiger partial charge is 0.508 e. The minimum Gasteiger partial charge on any atom is -0.508 e. The summed E-state index contributed by atoms with van der Waals surface area (Å²) in [7, 11) is -1.37. The third-order valence-electron chi connectivity index (χ3n) is 5.14. The van der Waals surface area contributed by atoms with Crippen LogP contribution < -0.4 is 4.72 Å². The van der Waals surface area contributed by atoms with Crippen molar-refractivity contribution in [2.24, 2.45) is 5.92 Å². The minimum absolute atomic E-state index is 0.00616. The van der Waals surface area contributed by atoms with Gasteiger partial charge in [0.25, 0.3) is 0 Å². The van der Waals surface area contributed by atoms with Gasteiger partial charge in [-0.25, -0.2) is 8.93 Å². The van der Waals surface area contributed by atoms with Crippen LogP contribution in [0.1, 0.15) is 65.5 Å². The van der Waals surface area contributed by atoms with E-state index in [-0.39, 0.29) is 29.0 Å². The van der Waals surface area contributed by atoms with Crippen molar-refractivity contribution in [3.63, 3.8) is 0 Å². The number of amides is 1. The van der Waals surface area contributed by atoms with Crippen LogP contribution in [0.25, 0.3) is 0 Å². The van der Waals surface area contributed by atoms with Crippen LogP contribution in [0.15, 0.2) is 12.1 Å². The van der Waals surface area contributed by atoms with Crippen LogP contribution in [-0.2, 0) is 15.8 Å². The highest BCUT2D eigenvalue weighted by Crippen LogP contribution is 2.40. The van der Waals surface area contributed by atoms with Crippen molar-refractivity contribution in [3.8, 4) is 5.75 Å². The van der Waals surface area contributed by atoms with E-state index in [0.29, 0.717) is 36.5 Å². The van der Waals surface area contributed by atoms with Crippen molar-refractivity contribution in [2.45, 2.75) is 70.3 Å². The quantitative estimate of drug-likeness (QED) is 0.571. The first-order valence-corrected chi connectivity index (χ1v) is 12.0. The highest BCUT2D eigenvalue weighted by atomic mass is 35.5. The Kier molecular flexibility index (Phi) is 8.24. The minimum atomic E-state index is -1.37. The number of phenolic OH excluding ortho intramolecular Hbond substituents is 1. The predicted octanol–water partition coefficient (Wildman–Crippen LogP) is 4.19. The predicted molar refractivity (Wildman–Crippen MR) is 122 cm³/mol. The number of nitrogens with zero attached hydrogens (tertiary/aromatic N) is 1. The number of aromatic hydroxyl groups is 1. The van der Waals surface area contributed by atoms with Crippen LogP contribution in [0.4, 0.5) is 0 Å². The Morgan fingerprint density at radius 3 is 2.23 bits per heavy atom. The lowest BCUT2D eigenvalue weighted by Crippen LogP contribution is -2.45. The van der Waals surface area contributed by atoms with E-state index < -0.39 is 27.4 Å². The van der Waals surface area contributed by atoms with Gasteiger partial charge < -0.3 is 15.1 Å². The van der Waals surface area contributed by atoms with E-state index in [4.69, 9.17) is 23.2 Å². The van der Waals surface area contributed by atoms with E-state index in [0.717, 1.165) is 0 Å². The number of aliphatic hydroxyl groups is 1. The smallest absolute Gasteiger partial charge is 0.225 e. The number of carbonyl (C=O) groups excluding carboxylic acids is 1. The molecule has 1 saturated heterocycles. The number of piperidine rings is 1. The fraction of sp³-hybridized carbons (Fsp3) is 0.667. The van der Waals surface area contributed by atoms with Crippen LogP contribution in [0, 0.1) is 5.92 Å². The van der Waals surface area contributed by atoms with Gasteiger partial charge in [0.1, 0.15) is 5.75 Å². The van der Waals surface area contributed by atoms with E-state index in [1.807, 2.05) is 20.8 Å². The summed E-state index contributed by atoms with van der Waals surface area (Å²) in [6.07, 6.45) is 1.40. The molecule has 2 rings (SSSR count). The van der Waals surface area contributed by atoms with Gasteiger partial charge in [-0.3, -0.25) is 4.79 Å². The van der Waals surface area contributed by atoms with Gasteiger partial charge in [0, 0.05) is 24.7 Å². The SMILES string of the molecule is CC(C)(O)CC(=O)N1CCC(C(NS(=O)C(C)(C)C)c2cc(Cl)c(Cl)cc2O)CC1. The molecule has 1 heterocycles. The molecule has 0 spiro atoms. The van der Waals surface area contributed by atoms with Crippen LogP contribution in [0.2, 0.25) is 10.0 Å². The number of hydrogen-bond donors (Lipinski definition) is 3. The summed E-state index contributed by atoms with van der Waals surface area (Å²) in [4.78, 5) is 14.2. The summed E-state index contributed by atoms with van der Waals surface area (Å²) >= 11 is 12.2. The van der Waals surface area contributed by atoms with Gasteiger partial charge in [0.05, 0.1) is 43.8 Å². The Hall–Kier alpha value is -0.860. The van der Waals surface area contributed by atoms with Crippen LogP contribution in [0.5, 0.6) is 5.75 Å². The van der Waals surface area contributed by atoms with E-state index in [2.05, 4.69) is 4.72 Å². The second-order valence-electron chi connectivity index (χ2n) is 9.51. The Labute approximate surface area is 191 Å². The fourth-order valence-electron chi connectivity index (χ4n) is 3.47. The summed E-state index contributed by atoms with van der Waals surface area (Å²) < 4.78 is 15.5. The third kappa shape index (κ3) is 6.82. The molecule has 30 heavy (non-hydrogen) atoms. The van der Waals surface area contributed by atoms with Gasteiger partial charge in [0.15, 0.2) is 0 Å². The molecule has 1 fully saturated rings. The first-order valence-electron chi connectivity index (χ1n) is 10.0. The molecule has 9 heteroatoms. The maximum Gasteiger partial charge on any atom is 0.225 e. The summed E-state index contributed by atoms with van der Waals surface area (Å²) in [6.45, 7) is 9.92. The molecule has 1 aromatic rings. The maximum absolute atomic E-state index is 12.9. The first-order chi connectivity index (χ1) is 13.7. The van der Waals surface area contributed by atoms with Crippen molar-refractivity contribution in [1.82, 2.24) is 9.62 Å². The number of nitrogens with one attached hydrogen (secondary N) is 1. The van der Waals surface area contributed by atoms with Crippen LogP contribution >= 0.6 is 23.2 Å². The number of likely N-dealkylation sites (tertiary alicyclic amines) is 1. The van der Waals surface area contributed by atoms with Gasteiger partial charge in [0.2, 0.25) is 5.91 Å². The van der Waals surface area contributed by atoms with Crippen LogP contribution in [-0.4, -0.2) is 48.7 Å². The number of rotatable bonds is 6. The van der Waals surface area contributed by atoms with E-state index >= 15 is 0 Å². The highest BCUT2D eigenvalue weighted by molar-refractivity contribution is 7.84. The topological polar surface area (TPSA) is 89.9 Å². The molecule has 1 aliphatic heterocycles. The van der Waals surface area contributed by atoms with Gasteiger partial charge in [-0.15, -0.1) is 0 Å². The number of halogens is 2. The van der Waals surface area contributed by atoms with E-state index in [9.17, 15) is 19.2 Å². The number of carbonyl (C=O) groups is 1. The molecule has 0 aliphatic carbocycles. The number of hydrogen-bond acceptors (Lipinski definition) is 4. The molecule has 1 aliphatic rings. The average Bonchev–Trinajstić information content (AvgIpc) is 2.61. The molecule has 1 amide bonds. The molecule has 0 bridgehead atoms. The monoisotopic (exact) mass is 478 g/mol. The Bertz CT molecular complexity index is 797. The lowest BCUT2D eigenvalue weighted by atomic mass is 9.85. The molecule has 6 nitrogen and oxygen atoms in total. The lowest BCUT2D eigenvalue weighted by Gasteiger charge is -2.38. The van der Waals surface area contributed by atoms with Crippen LogP contribution in [0.3, 0.4) is 0 Å². The van der Waals surface area contributed by atoms with Crippen molar-refractivity contribution in [1.29, 1.82) is 0 Å². The molecule has 3 N–H and O–H groups in total. The second kappa shape index (κ2) is 9.74. The third-order valence-corrected chi connectivity index (χ3v) is 7.44. The molecular formula is C21H32Cl2N2O4S. The Morgan fingerprint density at radius 2 is 1.73 bits per heavy atom. The zero-order valence-electron chi connectivity index (χ0n) is 18.2. The molecule has 0 radical (unpaired) electrons. The highest BCUT2D eigenvalue weighted by Gasteiger charge is 2.35. The summed E-state index contributed by atoms with van der Waals surface area (Å²) in [6, 6.07) is 2.60. The Morgan fingerprint density at radius 1 is 1.20 bits per heavy atom. The van der Waals surface area contributed by atoms with Crippen molar-refractivity contribution >= 4 is 40.1 Å². The van der Waals surface area contributed by atoms with Crippen molar-refractivity contribution in [2.75, 3.05) is 13.1 Å². The first kappa shape index (κ1) is 25.4. The van der Waals surface area contributed by atoms with Gasteiger partial charge in [-0.2, -0.15) is 0 Å². The van der Waals surface area contributed by atoms with Gasteiger partial charge in [-0.05, 0) is 59.4 Å². The molecule has 2 unspecified atom stereocenters. The second-order valence-corrected chi connectivity index (χ2v) is 12.3. The summed E-state index contributed by atoms with van der Waals surface area (Å²) in [5, 5.41) is 21.0. The summed E-state index contributed by atoms with van der Waals surface area (Å²) in [5.74, 6) is -0.0555. The summed E-state index contributed by atoms with van der Waals surface area (Å²) in [5.41, 5.74) is -0.503.